The largest absolute Gasteiger partial charge is 0.446 e. The Morgan fingerprint density at radius 2 is 1.43 bits per heavy atom. The van der Waals surface area contributed by atoms with Crippen molar-refractivity contribution in [2.45, 2.75) is 70.1 Å². The smallest absolute Gasteiger partial charge is 0.411 e. The number of carbonyl (C=O) groups excluding carboxylic acids is 3. The maximum absolute atomic E-state index is 13.2. The lowest BCUT2D eigenvalue weighted by Crippen LogP contribution is -2.43. The standard InChI is InChI=1S/C40H51N5O4/c1-43(39(47)33-17-15-30(16-18-33)29-45-23-19-32(20-24-45)38(46)41-34-11-5-6-12-34)27-28-44-25-21-35(22-26-44)49-40(48)42-37-14-8-7-13-36(37)31-9-3-2-4-10-31/h2-4,7-10,13-18,32,34-35H,5-6,11-12,19-29H2,1H3,(H,41,46)(H,42,48). The molecule has 0 unspecified atom stereocenters. The summed E-state index contributed by atoms with van der Waals surface area (Å²) in [6, 6.07) is 26.1. The predicted octanol–water partition coefficient (Wildman–Crippen LogP) is 6.41. The number of carbonyl (C=O) groups is 3. The molecule has 9 nitrogen and oxygen atoms in total. The molecule has 49 heavy (non-hydrogen) atoms. The van der Waals surface area contributed by atoms with E-state index in [0.717, 1.165) is 94.6 Å². The Kier molecular flexibility index (Phi) is 12.0. The summed E-state index contributed by atoms with van der Waals surface area (Å²) in [5, 5.41) is 6.21. The second kappa shape index (κ2) is 16.9. The van der Waals surface area contributed by atoms with E-state index in [1.54, 1.807) is 4.90 Å². The van der Waals surface area contributed by atoms with Gasteiger partial charge in [0, 0.05) is 62.9 Å². The maximum atomic E-state index is 13.2. The van der Waals surface area contributed by atoms with Crippen molar-refractivity contribution < 1.29 is 19.1 Å². The van der Waals surface area contributed by atoms with Crippen LogP contribution in [0.1, 0.15) is 67.3 Å². The van der Waals surface area contributed by atoms with Crippen LogP contribution in [0, 0.1) is 5.92 Å². The molecule has 6 rings (SSSR count). The second-order valence-corrected chi connectivity index (χ2v) is 13.9. The molecule has 3 fully saturated rings. The lowest BCUT2D eigenvalue weighted by atomic mass is 9.95. The van der Waals surface area contributed by atoms with Crippen molar-refractivity contribution in [2.24, 2.45) is 5.92 Å². The van der Waals surface area contributed by atoms with E-state index in [4.69, 9.17) is 4.74 Å². The van der Waals surface area contributed by atoms with Gasteiger partial charge in [-0.05, 0) is 80.9 Å². The van der Waals surface area contributed by atoms with E-state index in [-0.39, 0.29) is 23.8 Å². The molecule has 0 aromatic heterocycles. The number of nitrogens with zero attached hydrogens (tertiary/aromatic N) is 3. The van der Waals surface area contributed by atoms with Gasteiger partial charge in [-0.15, -0.1) is 0 Å². The summed E-state index contributed by atoms with van der Waals surface area (Å²) in [7, 11) is 1.86. The molecule has 0 radical (unpaired) electrons. The molecule has 0 spiro atoms. The number of hydrogen-bond acceptors (Lipinski definition) is 6. The van der Waals surface area contributed by atoms with Gasteiger partial charge < -0.3 is 19.9 Å². The Morgan fingerprint density at radius 3 is 2.14 bits per heavy atom. The number of piperidine rings is 2. The van der Waals surface area contributed by atoms with Gasteiger partial charge in [-0.1, -0.05) is 73.5 Å². The molecular weight excluding hydrogens is 614 g/mol. The van der Waals surface area contributed by atoms with Crippen LogP contribution in [0.25, 0.3) is 11.1 Å². The molecular formula is C40H51N5O4. The third-order valence-corrected chi connectivity index (χ3v) is 10.4. The molecule has 2 saturated heterocycles. The van der Waals surface area contributed by atoms with Gasteiger partial charge in [0.05, 0.1) is 5.69 Å². The van der Waals surface area contributed by atoms with Crippen LogP contribution >= 0.6 is 0 Å². The Bertz CT molecular complexity index is 1530. The quantitative estimate of drug-likeness (QED) is 0.246. The predicted molar refractivity (Wildman–Crippen MR) is 193 cm³/mol. The average molecular weight is 666 g/mol. The molecule has 1 saturated carbocycles. The Labute approximate surface area is 291 Å². The van der Waals surface area contributed by atoms with Gasteiger partial charge in [0.15, 0.2) is 0 Å². The highest BCUT2D eigenvalue weighted by atomic mass is 16.6. The molecule has 260 valence electrons. The number of anilines is 1. The number of para-hydroxylation sites is 1. The van der Waals surface area contributed by atoms with E-state index in [9.17, 15) is 14.4 Å². The van der Waals surface area contributed by atoms with Gasteiger partial charge in [0.25, 0.3) is 5.91 Å². The fourth-order valence-electron chi connectivity index (χ4n) is 7.37. The number of amides is 3. The molecule has 3 aliphatic rings. The monoisotopic (exact) mass is 665 g/mol. The minimum Gasteiger partial charge on any atom is -0.446 e. The number of rotatable bonds is 11. The molecule has 2 heterocycles. The van der Waals surface area contributed by atoms with Crippen LogP contribution in [-0.2, 0) is 16.1 Å². The highest BCUT2D eigenvalue weighted by Gasteiger charge is 2.28. The van der Waals surface area contributed by atoms with Crippen molar-refractivity contribution in [2.75, 3.05) is 51.6 Å². The van der Waals surface area contributed by atoms with Crippen LogP contribution in [0.4, 0.5) is 10.5 Å². The van der Waals surface area contributed by atoms with E-state index in [2.05, 4.69) is 32.6 Å². The minimum atomic E-state index is -0.429. The third-order valence-electron chi connectivity index (χ3n) is 10.4. The molecule has 0 atom stereocenters. The number of benzene rings is 3. The molecule has 3 aromatic rings. The van der Waals surface area contributed by atoms with E-state index in [1.165, 1.54) is 18.4 Å². The van der Waals surface area contributed by atoms with Crippen LogP contribution in [0.15, 0.2) is 78.9 Å². The molecule has 2 aliphatic heterocycles. The lowest BCUT2D eigenvalue weighted by Gasteiger charge is -2.32. The van der Waals surface area contributed by atoms with Gasteiger partial charge in [0.2, 0.25) is 5.91 Å². The lowest BCUT2D eigenvalue weighted by molar-refractivity contribution is -0.127. The zero-order chi connectivity index (χ0) is 34.0. The van der Waals surface area contributed by atoms with Crippen molar-refractivity contribution in [1.82, 2.24) is 20.0 Å². The Hall–Kier alpha value is -4.21. The Morgan fingerprint density at radius 1 is 0.776 bits per heavy atom. The van der Waals surface area contributed by atoms with Gasteiger partial charge in [-0.3, -0.25) is 19.8 Å². The summed E-state index contributed by atoms with van der Waals surface area (Å²) in [5.41, 5.74) is 4.61. The van der Waals surface area contributed by atoms with Crippen molar-refractivity contribution in [1.29, 1.82) is 0 Å². The highest BCUT2D eigenvalue weighted by molar-refractivity contribution is 5.94. The molecule has 1 aliphatic carbocycles. The number of likely N-dealkylation sites (tertiary alicyclic amines) is 2. The second-order valence-electron chi connectivity index (χ2n) is 13.9. The summed E-state index contributed by atoms with van der Waals surface area (Å²) in [6.45, 7) is 5.72. The zero-order valence-electron chi connectivity index (χ0n) is 28.8. The van der Waals surface area contributed by atoms with Crippen LogP contribution in [0.3, 0.4) is 0 Å². The van der Waals surface area contributed by atoms with Crippen LogP contribution in [0.5, 0.6) is 0 Å². The van der Waals surface area contributed by atoms with E-state index >= 15 is 0 Å². The van der Waals surface area contributed by atoms with Crippen molar-refractivity contribution in [3.8, 4) is 11.1 Å². The summed E-state index contributed by atoms with van der Waals surface area (Å²) >= 11 is 0. The summed E-state index contributed by atoms with van der Waals surface area (Å²) in [6.07, 6.45) is 7.50. The molecule has 2 N–H and O–H groups in total. The highest BCUT2D eigenvalue weighted by Crippen LogP contribution is 2.28. The number of ether oxygens (including phenoxy) is 1. The van der Waals surface area contributed by atoms with Gasteiger partial charge in [-0.25, -0.2) is 4.79 Å². The van der Waals surface area contributed by atoms with Crippen molar-refractivity contribution in [3.05, 3.63) is 90.0 Å². The fourth-order valence-corrected chi connectivity index (χ4v) is 7.37. The first-order chi connectivity index (χ1) is 23.9. The first kappa shape index (κ1) is 34.6. The van der Waals surface area contributed by atoms with E-state index in [1.807, 2.05) is 73.8 Å². The third kappa shape index (κ3) is 9.70. The molecule has 0 bridgehead atoms. The fraction of sp³-hybridized carbons (Fsp3) is 0.475. The number of likely N-dealkylation sites (N-methyl/N-ethyl adjacent to an activating group) is 1. The molecule has 3 amide bonds. The topological polar surface area (TPSA) is 94.2 Å². The summed E-state index contributed by atoms with van der Waals surface area (Å²) < 4.78 is 5.79. The zero-order valence-corrected chi connectivity index (χ0v) is 28.8. The van der Waals surface area contributed by atoms with Gasteiger partial charge in [0.1, 0.15) is 6.10 Å². The van der Waals surface area contributed by atoms with Crippen molar-refractivity contribution >= 4 is 23.6 Å². The first-order valence-corrected chi connectivity index (χ1v) is 18.1. The van der Waals surface area contributed by atoms with Crippen molar-refractivity contribution in [3.63, 3.8) is 0 Å². The number of hydrogen-bond donors (Lipinski definition) is 2. The van der Waals surface area contributed by atoms with Gasteiger partial charge in [-0.2, -0.15) is 0 Å². The average Bonchev–Trinajstić information content (AvgIpc) is 3.65. The van der Waals surface area contributed by atoms with E-state index < -0.39 is 6.09 Å². The van der Waals surface area contributed by atoms with Gasteiger partial charge >= 0.3 is 6.09 Å². The molecule has 3 aromatic carbocycles. The molecule has 9 heteroatoms. The van der Waals surface area contributed by atoms with Crippen LogP contribution in [0.2, 0.25) is 0 Å². The first-order valence-electron chi connectivity index (χ1n) is 18.1. The number of nitrogens with one attached hydrogen (secondary N) is 2. The van der Waals surface area contributed by atoms with E-state index in [0.29, 0.717) is 18.2 Å². The normalized spacial score (nSPS) is 18.2. The Balaban J connectivity index is 0.877. The summed E-state index contributed by atoms with van der Waals surface area (Å²) in [4.78, 5) is 45.1. The summed E-state index contributed by atoms with van der Waals surface area (Å²) in [5.74, 6) is 0.401. The SMILES string of the molecule is CN(CCN1CCC(OC(=O)Nc2ccccc2-c2ccccc2)CC1)C(=O)c1ccc(CN2CCC(C(=O)NC3CCCC3)CC2)cc1. The van der Waals surface area contributed by atoms with Crippen LogP contribution < -0.4 is 10.6 Å². The van der Waals surface area contributed by atoms with Crippen LogP contribution in [-0.4, -0.2) is 91.1 Å². The minimum absolute atomic E-state index is 0.0197. The maximum Gasteiger partial charge on any atom is 0.411 e.